The minimum Gasteiger partial charge on any atom is -0.389 e. The van der Waals surface area contributed by atoms with Crippen molar-refractivity contribution in [2.45, 2.75) is 64.1 Å². The van der Waals surface area contributed by atoms with E-state index < -0.39 is 7.32 Å². The number of hydrogen-bond acceptors (Lipinski definition) is 3. The van der Waals surface area contributed by atoms with Crippen molar-refractivity contribution in [2.24, 2.45) is 11.3 Å². The highest BCUT2D eigenvalue weighted by Crippen LogP contribution is 2.51. The summed E-state index contributed by atoms with van der Waals surface area (Å²) in [6.07, 6.45) is 9.69. The zero-order valence-corrected chi connectivity index (χ0v) is 11.0. The second-order valence-corrected chi connectivity index (χ2v) is 6.25. The molecule has 0 radical (unpaired) electrons. The Labute approximate surface area is 104 Å². The van der Waals surface area contributed by atoms with E-state index in [0.29, 0.717) is 5.41 Å². The van der Waals surface area contributed by atoms with E-state index in [2.05, 4.69) is 6.92 Å². The molecule has 3 rings (SSSR count). The maximum absolute atomic E-state index is 5.86. The lowest BCUT2D eigenvalue weighted by molar-refractivity contribution is 0.0396. The minimum absolute atomic E-state index is 0.257. The van der Waals surface area contributed by atoms with E-state index in [1.807, 2.05) is 0 Å². The van der Waals surface area contributed by atoms with Crippen LogP contribution >= 0.6 is 0 Å². The predicted octanol–water partition coefficient (Wildman–Crippen LogP) is 2.78. The Hall–Kier alpha value is -0.0551. The largest absolute Gasteiger partial charge is 0.639 e. The lowest BCUT2D eigenvalue weighted by Gasteiger charge is -2.43. The van der Waals surface area contributed by atoms with Gasteiger partial charge in [-0.05, 0) is 43.4 Å². The normalized spacial score (nSPS) is 43.1. The molecule has 4 heteroatoms. The summed E-state index contributed by atoms with van der Waals surface area (Å²) >= 11 is 0. The van der Waals surface area contributed by atoms with Gasteiger partial charge in [0.15, 0.2) is 0 Å². The minimum atomic E-state index is -0.422. The fourth-order valence-electron chi connectivity index (χ4n) is 3.78. The third-order valence-electron chi connectivity index (χ3n) is 5.17. The van der Waals surface area contributed by atoms with E-state index in [1.54, 1.807) is 7.11 Å². The molecule has 96 valence electrons. The summed E-state index contributed by atoms with van der Waals surface area (Å²) in [5.41, 5.74) is 0.476. The van der Waals surface area contributed by atoms with E-state index in [9.17, 15) is 0 Å². The maximum Gasteiger partial charge on any atom is 0.639 e. The lowest BCUT2D eigenvalue weighted by Crippen LogP contribution is -2.36. The quantitative estimate of drug-likeness (QED) is 0.692. The molecule has 0 bridgehead atoms. The van der Waals surface area contributed by atoms with Crippen molar-refractivity contribution in [1.29, 1.82) is 0 Å². The first kappa shape index (κ1) is 12.0. The molecule has 0 amide bonds. The first-order valence-electron chi connectivity index (χ1n) is 7.05. The third kappa shape index (κ3) is 2.15. The van der Waals surface area contributed by atoms with E-state index in [-0.39, 0.29) is 12.2 Å². The Morgan fingerprint density at radius 2 is 1.88 bits per heavy atom. The first-order valence-corrected chi connectivity index (χ1v) is 7.05. The van der Waals surface area contributed by atoms with Gasteiger partial charge in [-0.2, -0.15) is 0 Å². The molecule has 0 spiro atoms. The fraction of sp³-hybridized carbons (Fsp3) is 1.00. The third-order valence-corrected chi connectivity index (χ3v) is 5.17. The Balaban J connectivity index is 1.69. The van der Waals surface area contributed by atoms with Crippen LogP contribution in [0.15, 0.2) is 0 Å². The van der Waals surface area contributed by atoms with Crippen LogP contribution in [0.2, 0.25) is 0 Å². The van der Waals surface area contributed by atoms with E-state index >= 15 is 0 Å². The van der Waals surface area contributed by atoms with Crippen molar-refractivity contribution in [1.82, 2.24) is 0 Å². The molecule has 0 aromatic heterocycles. The first-order chi connectivity index (χ1) is 8.21. The molecule has 0 aromatic carbocycles. The molecule has 1 aliphatic heterocycles. The Kier molecular flexibility index (Phi) is 3.22. The molecular weight excluding hydrogens is 215 g/mol. The number of fused-ring (bicyclic) bond motifs is 1. The van der Waals surface area contributed by atoms with Gasteiger partial charge < -0.3 is 14.0 Å². The van der Waals surface area contributed by atoms with Gasteiger partial charge in [0.05, 0.1) is 12.2 Å². The van der Waals surface area contributed by atoms with Gasteiger partial charge in [0.25, 0.3) is 0 Å². The summed E-state index contributed by atoms with van der Waals surface area (Å²) < 4.78 is 16.8. The molecule has 3 fully saturated rings. The van der Waals surface area contributed by atoms with Gasteiger partial charge in [0.2, 0.25) is 0 Å². The highest BCUT2D eigenvalue weighted by Gasteiger charge is 2.48. The molecule has 1 heterocycles. The zero-order chi connectivity index (χ0) is 11.9. The zero-order valence-electron chi connectivity index (χ0n) is 11.0. The standard InChI is InChI=1S/C13H23BO3/c1-13(10-5-3-6-10)8-4-7-11-12(9-13)17-14(15-2)16-11/h10-12H,3-9H2,1-2H3. The van der Waals surface area contributed by atoms with Crippen molar-refractivity contribution in [2.75, 3.05) is 7.11 Å². The summed E-state index contributed by atoms with van der Waals surface area (Å²) in [4.78, 5) is 0. The monoisotopic (exact) mass is 238 g/mol. The van der Waals surface area contributed by atoms with Crippen LogP contribution in [0, 0.1) is 11.3 Å². The number of hydrogen-bond donors (Lipinski definition) is 0. The molecule has 2 aliphatic carbocycles. The maximum atomic E-state index is 5.86. The topological polar surface area (TPSA) is 27.7 Å². The molecule has 17 heavy (non-hydrogen) atoms. The van der Waals surface area contributed by atoms with Gasteiger partial charge in [0.1, 0.15) is 0 Å². The van der Waals surface area contributed by atoms with Crippen LogP contribution in [0.4, 0.5) is 0 Å². The van der Waals surface area contributed by atoms with Crippen LogP contribution in [0.5, 0.6) is 0 Å². The van der Waals surface area contributed by atoms with Crippen molar-refractivity contribution in [3.63, 3.8) is 0 Å². The van der Waals surface area contributed by atoms with Crippen LogP contribution in [0.3, 0.4) is 0 Å². The van der Waals surface area contributed by atoms with Crippen LogP contribution in [-0.2, 0) is 14.0 Å². The Bertz CT molecular complexity index is 282. The predicted molar refractivity (Wildman–Crippen MR) is 66.4 cm³/mol. The molecule has 3 nitrogen and oxygen atoms in total. The molecule has 2 saturated carbocycles. The summed E-state index contributed by atoms with van der Waals surface area (Å²) in [7, 11) is 1.23. The lowest BCUT2D eigenvalue weighted by atomic mass is 9.62. The Morgan fingerprint density at radius 1 is 1.12 bits per heavy atom. The fourth-order valence-corrected chi connectivity index (χ4v) is 3.78. The average molecular weight is 238 g/mol. The van der Waals surface area contributed by atoms with Gasteiger partial charge in [-0.1, -0.05) is 19.8 Å². The molecule has 3 unspecified atom stereocenters. The van der Waals surface area contributed by atoms with Gasteiger partial charge in [0, 0.05) is 7.11 Å². The van der Waals surface area contributed by atoms with Gasteiger partial charge in [-0.3, -0.25) is 0 Å². The van der Waals surface area contributed by atoms with Crippen molar-refractivity contribution in [3.05, 3.63) is 0 Å². The second-order valence-electron chi connectivity index (χ2n) is 6.25. The SMILES string of the molecule is COB1OC2CCCC(C)(C3CCC3)CC2O1. The highest BCUT2D eigenvalue weighted by atomic mass is 16.8. The van der Waals surface area contributed by atoms with E-state index in [0.717, 1.165) is 18.8 Å². The summed E-state index contributed by atoms with van der Waals surface area (Å²) in [5, 5.41) is 0. The van der Waals surface area contributed by atoms with Crippen molar-refractivity contribution in [3.8, 4) is 0 Å². The molecular formula is C13H23BO3. The second kappa shape index (κ2) is 4.56. The molecule has 1 saturated heterocycles. The van der Waals surface area contributed by atoms with Crippen LogP contribution in [-0.4, -0.2) is 26.6 Å². The van der Waals surface area contributed by atoms with E-state index in [1.165, 1.54) is 32.1 Å². The average Bonchev–Trinajstić information content (AvgIpc) is 2.51. The van der Waals surface area contributed by atoms with E-state index in [4.69, 9.17) is 14.0 Å². The molecule has 0 N–H and O–H groups in total. The molecule has 0 aromatic rings. The molecule has 3 atom stereocenters. The summed E-state index contributed by atoms with van der Waals surface area (Å²) in [6, 6.07) is 0. The van der Waals surface area contributed by atoms with Crippen molar-refractivity contribution < 1.29 is 14.0 Å². The van der Waals surface area contributed by atoms with Crippen molar-refractivity contribution >= 4 is 7.32 Å². The molecule has 3 aliphatic rings. The smallest absolute Gasteiger partial charge is 0.389 e. The van der Waals surface area contributed by atoms with Gasteiger partial charge in [-0.15, -0.1) is 0 Å². The van der Waals surface area contributed by atoms with Crippen LogP contribution in [0.25, 0.3) is 0 Å². The Morgan fingerprint density at radius 3 is 2.53 bits per heavy atom. The highest BCUT2D eigenvalue weighted by molar-refractivity contribution is 6.37. The van der Waals surface area contributed by atoms with Gasteiger partial charge in [-0.25, -0.2) is 0 Å². The number of rotatable bonds is 2. The summed E-state index contributed by atoms with van der Waals surface area (Å²) in [5.74, 6) is 0.923. The summed E-state index contributed by atoms with van der Waals surface area (Å²) in [6.45, 7) is 2.46. The van der Waals surface area contributed by atoms with Crippen LogP contribution < -0.4 is 0 Å². The van der Waals surface area contributed by atoms with Gasteiger partial charge >= 0.3 is 7.32 Å². The van der Waals surface area contributed by atoms with Crippen LogP contribution in [0.1, 0.15) is 51.9 Å².